The van der Waals surface area contributed by atoms with E-state index in [2.05, 4.69) is 24.3 Å². The molecule has 2 aromatic rings. The number of fused-ring (bicyclic) bond motifs is 4. The molecule has 19 heavy (non-hydrogen) atoms. The highest BCUT2D eigenvalue weighted by Gasteiger charge is 2.44. The van der Waals surface area contributed by atoms with Crippen LogP contribution in [0.1, 0.15) is 49.0 Å². The number of hydrogen-bond donors (Lipinski definition) is 0. The van der Waals surface area contributed by atoms with Crippen molar-refractivity contribution in [3.8, 4) is 0 Å². The Morgan fingerprint density at radius 1 is 0.842 bits per heavy atom. The van der Waals surface area contributed by atoms with Gasteiger partial charge in [-0.05, 0) is 61.8 Å². The molecule has 4 rings (SSSR count). The lowest BCUT2D eigenvalue weighted by Gasteiger charge is -2.27. The summed E-state index contributed by atoms with van der Waals surface area (Å²) in [6.45, 7) is 4.06. The summed E-state index contributed by atoms with van der Waals surface area (Å²) >= 11 is 0. The van der Waals surface area contributed by atoms with Gasteiger partial charge in [-0.25, -0.2) is 0 Å². The Kier molecular flexibility index (Phi) is 1.83. The van der Waals surface area contributed by atoms with Crippen LogP contribution < -0.4 is 0 Å². The van der Waals surface area contributed by atoms with Crippen LogP contribution in [0.5, 0.6) is 0 Å². The van der Waals surface area contributed by atoms with E-state index in [-0.39, 0.29) is 5.41 Å². The van der Waals surface area contributed by atoms with Gasteiger partial charge in [-0.2, -0.15) is 0 Å². The molecule has 0 nitrogen and oxygen atoms in total. The summed E-state index contributed by atoms with van der Waals surface area (Å²) in [5.41, 5.74) is 7.17. The Morgan fingerprint density at radius 3 is 1.79 bits per heavy atom. The maximum Gasteiger partial charge on any atom is 0.0629 e. The minimum absolute atomic E-state index is 0.0587. The van der Waals surface area contributed by atoms with Gasteiger partial charge < -0.3 is 0 Å². The van der Waals surface area contributed by atoms with Crippen molar-refractivity contribution in [1.82, 2.24) is 0 Å². The van der Waals surface area contributed by atoms with Crippen molar-refractivity contribution in [2.24, 2.45) is 0 Å². The quantitative estimate of drug-likeness (QED) is 0.646. The van der Waals surface area contributed by atoms with E-state index in [0.29, 0.717) is 12.1 Å². The molecule has 2 aliphatic rings. The molecule has 0 saturated heterocycles. The third kappa shape index (κ3) is 1.46. The van der Waals surface area contributed by atoms with E-state index in [0.717, 1.165) is 36.8 Å². The first-order chi connectivity index (χ1) is 10.0. The molecule has 0 radical (unpaired) electrons. The van der Waals surface area contributed by atoms with Crippen LogP contribution in [0.15, 0.2) is 36.4 Å². The number of hydrogen-bond acceptors (Lipinski definition) is 0. The zero-order valence-electron chi connectivity index (χ0n) is 13.6. The van der Waals surface area contributed by atoms with Crippen LogP contribution >= 0.6 is 0 Å². The highest BCUT2D eigenvalue weighted by atomic mass is 14.5. The van der Waals surface area contributed by atoms with E-state index in [1.54, 1.807) is 0 Å². The minimum atomic E-state index is -0.0587. The van der Waals surface area contributed by atoms with E-state index in [9.17, 15) is 0 Å². The maximum atomic E-state index is 8.57. The first-order valence-electron chi connectivity index (χ1n) is 8.24. The normalized spacial score (nSPS) is 20.1. The molecule has 0 aromatic heterocycles. The summed E-state index contributed by atoms with van der Waals surface area (Å²) in [5, 5.41) is 0. The Hall–Kier alpha value is -1.56. The van der Waals surface area contributed by atoms with Gasteiger partial charge in [0, 0.05) is 5.41 Å². The van der Waals surface area contributed by atoms with Crippen LogP contribution in [0.4, 0.5) is 0 Å². The number of benzene rings is 2. The molecule has 0 atom stereocenters. The Bertz CT molecular complexity index is 693. The molecule has 0 aliphatic heterocycles. The molecule has 96 valence electrons. The summed E-state index contributed by atoms with van der Waals surface area (Å²) in [4.78, 5) is 0. The van der Waals surface area contributed by atoms with Crippen molar-refractivity contribution in [1.29, 1.82) is 0 Å². The van der Waals surface area contributed by atoms with Crippen LogP contribution in [0.25, 0.3) is 0 Å². The Labute approximate surface area is 118 Å². The second-order valence-corrected chi connectivity index (χ2v) is 6.17. The van der Waals surface area contributed by atoms with E-state index in [1.165, 1.54) is 22.3 Å². The smallest absolute Gasteiger partial charge is 0.0590 e. The second-order valence-electron chi connectivity index (χ2n) is 6.17. The highest BCUT2D eigenvalue weighted by Crippen LogP contribution is 2.52. The van der Waals surface area contributed by atoms with Crippen molar-refractivity contribution in [3.05, 3.63) is 69.7 Å². The predicted octanol–water partition coefficient (Wildman–Crippen LogP) is 4.48. The molecular weight excluding hydrogens is 228 g/mol. The molecule has 2 aliphatic carbocycles. The average Bonchev–Trinajstić information content (AvgIpc) is 3.02. The molecule has 0 heterocycles. The standard InChI is InChI=1S/C19H20/c1-13-3-5-15-7-9-19(17(15)11-13)10-8-16-6-4-14(2)12-18(16)19/h3-6,11-12H,7-10H2,1-2H3/i11D,12D. The summed E-state index contributed by atoms with van der Waals surface area (Å²) in [7, 11) is 0. The second kappa shape index (κ2) is 3.72. The average molecular weight is 250 g/mol. The summed E-state index contributed by atoms with van der Waals surface area (Å²) in [6, 6.07) is 9.98. The molecule has 1 spiro atoms. The Morgan fingerprint density at radius 2 is 1.32 bits per heavy atom. The van der Waals surface area contributed by atoms with Crippen LogP contribution in [0.3, 0.4) is 0 Å². The molecule has 0 fully saturated rings. The minimum Gasteiger partial charge on any atom is -0.0590 e. The Balaban J connectivity index is 2.05. The monoisotopic (exact) mass is 250 g/mol. The van der Waals surface area contributed by atoms with Gasteiger partial charge in [0.2, 0.25) is 0 Å². The lowest BCUT2D eigenvalue weighted by atomic mass is 9.76. The van der Waals surface area contributed by atoms with Gasteiger partial charge in [0.25, 0.3) is 0 Å². The fraction of sp³-hybridized carbons (Fsp3) is 0.368. The van der Waals surface area contributed by atoms with Crippen LogP contribution in [-0.4, -0.2) is 0 Å². The third-order valence-electron chi connectivity index (χ3n) is 4.95. The lowest BCUT2D eigenvalue weighted by molar-refractivity contribution is 0.507. The summed E-state index contributed by atoms with van der Waals surface area (Å²) in [6.07, 6.45) is 4.24. The largest absolute Gasteiger partial charge is 0.0629 e. The van der Waals surface area contributed by atoms with Gasteiger partial charge in [-0.15, -0.1) is 0 Å². The van der Waals surface area contributed by atoms with Crippen LogP contribution in [-0.2, 0) is 18.3 Å². The summed E-state index contributed by atoms with van der Waals surface area (Å²) < 4.78 is 17.1. The first-order valence-corrected chi connectivity index (χ1v) is 7.24. The SMILES string of the molecule is [2H]c1c(C)ccc2c1C1(CC2)CCc2ccc(C)c([2H])c21. The highest BCUT2D eigenvalue weighted by molar-refractivity contribution is 5.55. The molecule has 0 bridgehead atoms. The van der Waals surface area contributed by atoms with E-state index >= 15 is 0 Å². The topological polar surface area (TPSA) is 0 Å². The van der Waals surface area contributed by atoms with Gasteiger partial charge in [0.05, 0.1) is 2.74 Å². The molecule has 0 heteroatoms. The van der Waals surface area contributed by atoms with Crippen molar-refractivity contribution < 1.29 is 2.74 Å². The van der Waals surface area contributed by atoms with E-state index in [1.807, 2.05) is 13.8 Å². The molecule has 2 aromatic carbocycles. The van der Waals surface area contributed by atoms with E-state index in [4.69, 9.17) is 2.74 Å². The van der Waals surface area contributed by atoms with Gasteiger partial charge in [-0.3, -0.25) is 0 Å². The fourth-order valence-corrected chi connectivity index (χ4v) is 3.97. The maximum absolute atomic E-state index is 8.57. The molecule has 0 unspecified atom stereocenters. The van der Waals surface area contributed by atoms with Gasteiger partial charge in [-0.1, -0.05) is 47.5 Å². The van der Waals surface area contributed by atoms with Crippen molar-refractivity contribution in [2.45, 2.75) is 44.9 Å². The van der Waals surface area contributed by atoms with Crippen molar-refractivity contribution in [2.75, 3.05) is 0 Å². The molecule has 0 N–H and O–H groups in total. The van der Waals surface area contributed by atoms with Gasteiger partial charge in [0.15, 0.2) is 0 Å². The van der Waals surface area contributed by atoms with Crippen molar-refractivity contribution >= 4 is 0 Å². The van der Waals surface area contributed by atoms with Gasteiger partial charge >= 0.3 is 0 Å². The number of aryl methyl sites for hydroxylation is 4. The molecule has 0 amide bonds. The van der Waals surface area contributed by atoms with Crippen LogP contribution in [0.2, 0.25) is 0 Å². The molecular formula is C19H20. The van der Waals surface area contributed by atoms with Gasteiger partial charge in [0.1, 0.15) is 0 Å². The van der Waals surface area contributed by atoms with Crippen LogP contribution in [0, 0.1) is 13.8 Å². The fourth-order valence-electron chi connectivity index (χ4n) is 3.97. The number of rotatable bonds is 0. The zero-order chi connectivity index (χ0) is 14.8. The van der Waals surface area contributed by atoms with Crippen molar-refractivity contribution in [3.63, 3.8) is 0 Å². The predicted molar refractivity (Wildman–Crippen MR) is 79.8 cm³/mol. The molecule has 0 saturated carbocycles. The lowest BCUT2D eigenvalue weighted by Crippen LogP contribution is -2.21. The first kappa shape index (κ1) is 9.36. The third-order valence-corrected chi connectivity index (χ3v) is 4.95. The zero-order valence-corrected chi connectivity index (χ0v) is 11.6. The van der Waals surface area contributed by atoms with E-state index < -0.39 is 0 Å². The summed E-state index contributed by atoms with van der Waals surface area (Å²) in [5.74, 6) is 0.